The van der Waals surface area contributed by atoms with Gasteiger partial charge in [0.15, 0.2) is 0 Å². The fourth-order valence-electron chi connectivity index (χ4n) is 3.30. The molecule has 0 aliphatic heterocycles. The standard InChI is InChI=1S/C22H16N4O/c27-20-12-6-1-7-14(20)22-19(23-15-8-2-5-11-18(15)26-22)13-21-24-16-9-3-4-10-17(16)25-21/h1-12,27H,13H2,(H,24,25). The minimum Gasteiger partial charge on any atom is -0.507 e. The molecule has 2 aromatic heterocycles. The smallest absolute Gasteiger partial charge is 0.125 e. The lowest BCUT2D eigenvalue weighted by molar-refractivity contribution is 0.477. The van der Waals surface area contributed by atoms with Crippen LogP contribution < -0.4 is 0 Å². The molecule has 5 rings (SSSR count). The van der Waals surface area contributed by atoms with Crippen LogP contribution in [0.25, 0.3) is 33.3 Å². The molecule has 0 radical (unpaired) electrons. The summed E-state index contributed by atoms with van der Waals surface area (Å²) in [5.74, 6) is 1.00. The Bertz CT molecular complexity index is 1240. The van der Waals surface area contributed by atoms with Crippen LogP contribution in [0.3, 0.4) is 0 Å². The molecule has 0 amide bonds. The highest BCUT2D eigenvalue weighted by atomic mass is 16.3. The predicted molar refractivity (Wildman–Crippen MR) is 106 cm³/mol. The van der Waals surface area contributed by atoms with Gasteiger partial charge in [0, 0.05) is 5.56 Å². The molecular weight excluding hydrogens is 336 g/mol. The number of rotatable bonds is 3. The van der Waals surface area contributed by atoms with Crippen molar-refractivity contribution in [3.8, 4) is 17.0 Å². The van der Waals surface area contributed by atoms with Crippen molar-refractivity contribution in [2.24, 2.45) is 0 Å². The molecule has 5 heteroatoms. The maximum atomic E-state index is 10.3. The summed E-state index contributed by atoms with van der Waals surface area (Å²) in [7, 11) is 0. The molecule has 5 nitrogen and oxygen atoms in total. The minimum atomic E-state index is 0.188. The Balaban J connectivity index is 1.69. The molecule has 0 atom stereocenters. The van der Waals surface area contributed by atoms with E-state index in [1.54, 1.807) is 12.1 Å². The van der Waals surface area contributed by atoms with Crippen LogP contribution in [-0.4, -0.2) is 25.0 Å². The first-order chi connectivity index (χ1) is 13.3. The van der Waals surface area contributed by atoms with Gasteiger partial charge in [-0.3, -0.25) is 0 Å². The fourth-order valence-corrected chi connectivity index (χ4v) is 3.30. The van der Waals surface area contributed by atoms with E-state index in [1.165, 1.54) is 0 Å². The molecule has 0 bridgehead atoms. The molecular formula is C22H16N4O. The van der Waals surface area contributed by atoms with Gasteiger partial charge in [-0.1, -0.05) is 36.4 Å². The summed E-state index contributed by atoms with van der Waals surface area (Å²) in [5, 5.41) is 10.3. The van der Waals surface area contributed by atoms with Crippen LogP contribution in [0.15, 0.2) is 72.8 Å². The van der Waals surface area contributed by atoms with E-state index in [0.717, 1.165) is 33.6 Å². The van der Waals surface area contributed by atoms with Crippen molar-refractivity contribution in [1.82, 2.24) is 19.9 Å². The molecule has 0 aliphatic carbocycles. The summed E-state index contributed by atoms with van der Waals surface area (Å²) in [6.45, 7) is 0. The highest BCUT2D eigenvalue weighted by Crippen LogP contribution is 2.31. The van der Waals surface area contributed by atoms with E-state index in [2.05, 4.69) is 9.97 Å². The van der Waals surface area contributed by atoms with Gasteiger partial charge in [0.1, 0.15) is 11.6 Å². The zero-order chi connectivity index (χ0) is 18.2. The largest absolute Gasteiger partial charge is 0.507 e. The number of nitrogens with zero attached hydrogens (tertiary/aromatic N) is 3. The van der Waals surface area contributed by atoms with Gasteiger partial charge in [0.25, 0.3) is 0 Å². The maximum Gasteiger partial charge on any atom is 0.125 e. The summed E-state index contributed by atoms with van der Waals surface area (Å²) < 4.78 is 0. The third-order valence-electron chi connectivity index (χ3n) is 4.58. The zero-order valence-electron chi connectivity index (χ0n) is 14.4. The van der Waals surface area contributed by atoms with Gasteiger partial charge >= 0.3 is 0 Å². The number of phenols is 1. The van der Waals surface area contributed by atoms with Gasteiger partial charge < -0.3 is 10.1 Å². The number of aromatic amines is 1. The minimum absolute atomic E-state index is 0.188. The van der Waals surface area contributed by atoms with Crippen molar-refractivity contribution in [2.75, 3.05) is 0 Å². The number of para-hydroxylation sites is 5. The highest BCUT2D eigenvalue weighted by molar-refractivity contribution is 5.80. The van der Waals surface area contributed by atoms with Gasteiger partial charge in [-0.25, -0.2) is 15.0 Å². The molecule has 0 spiro atoms. The van der Waals surface area contributed by atoms with Gasteiger partial charge in [-0.05, 0) is 36.4 Å². The summed E-state index contributed by atoms with van der Waals surface area (Å²) >= 11 is 0. The number of phenolic OH excluding ortho intramolecular Hbond substituents is 1. The first-order valence-electron chi connectivity index (χ1n) is 8.75. The Morgan fingerprint density at radius 1 is 0.704 bits per heavy atom. The van der Waals surface area contributed by atoms with Crippen LogP contribution in [0, 0.1) is 0 Å². The SMILES string of the molecule is Oc1ccccc1-c1nc2ccccc2nc1Cc1nc2ccccc2[nH]1. The average Bonchev–Trinajstić information content (AvgIpc) is 3.10. The summed E-state index contributed by atoms with van der Waals surface area (Å²) in [6, 6.07) is 22.9. The Labute approximate surface area is 155 Å². The molecule has 0 saturated heterocycles. The number of aromatic nitrogens is 4. The fraction of sp³-hybridized carbons (Fsp3) is 0.0455. The van der Waals surface area contributed by atoms with Gasteiger partial charge in [-0.2, -0.15) is 0 Å². The van der Waals surface area contributed by atoms with Crippen molar-refractivity contribution in [2.45, 2.75) is 6.42 Å². The van der Waals surface area contributed by atoms with Gasteiger partial charge in [-0.15, -0.1) is 0 Å². The lowest BCUT2D eigenvalue weighted by Crippen LogP contribution is -2.01. The first kappa shape index (κ1) is 15.5. The molecule has 3 aromatic carbocycles. The van der Waals surface area contributed by atoms with Crippen LogP contribution in [0.1, 0.15) is 11.5 Å². The lowest BCUT2D eigenvalue weighted by Gasteiger charge is -2.10. The Hall–Kier alpha value is -3.73. The van der Waals surface area contributed by atoms with Crippen LogP contribution in [-0.2, 0) is 6.42 Å². The van der Waals surface area contributed by atoms with Gasteiger partial charge in [0.05, 0.1) is 39.9 Å². The van der Waals surface area contributed by atoms with Crippen molar-refractivity contribution < 1.29 is 5.11 Å². The molecule has 2 heterocycles. The quantitative estimate of drug-likeness (QED) is 0.502. The lowest BCUT2D eigenvalue weighted by atomic mass is 10.1. The number of H-pyrrole nitrogens is 1. The molecule has 27 heavy (non-hydrogen) atoms. The molecule has 0 saturated carbocycles. The van der Waals surface area contributed by atoms with Crippen LogP contribution in [0.2, 0.25) is 0 Å². The van der Waals surface area contributed by atoms with Crippen LogP contribution >= 0.6 is 0 Å². The highest BCUT2D eigenvalue weighted by Gasteiger charge is 2.16. The molecule has 130 valence electrons. The summed E-state index contributed by atoms with van der Waals surface area (Å²) in [5.41, 5.74) is 5.64. The zero-order valence-corrected chi connectivity index (χ0v) is 14.4. The molecule has 0 aliphatic rings. The number of hydrogen-bond acceptors (Lipinski definition) is 4. The number of fused-ring (bicyclic) bond motifs is 2. The number of imidazole rings is 1. The molecule has 2 N–H and O–H groups in total. The average molecular weight is 352 g/mol. The number of nitrogens with one attached hydrogen (secondary N) is 1. The summed E-state index contributed by atoms with van der Waals surface area (Å²) in [4.78, 5) is 17.6. The van der Waals surface area contributed by atoms with Crippen molar-refractivity contribution in [3.63, 3.8) is 0 Å². The van der Waals surface area contributed by atoms with E-state index in [4.69, 9.17) is 9.97 Å². The van der Waals surface area contributed by atoms with Crippen molar-refractivity contribution in [1.29, 1.82) is 0 Å². The van der Waals surface area contributed by atoms with E-state index < -0.39 is 0 Å². The third-order valence-corrected chi connectivity index (χ3v) is 4.58. The second kappa shape index (κ2) is 6.21. The number of aromatic hydroxyl groups is 1. The maximum absolute atomic E-state index is 10.3. The summed E-state index contributed by atoms with van der Waals surface area (Å²) in [6.07, 6.45) is 0.496. The van der Waals surface area contributed by atoms with Crippen molar-refractivity contribution in [3.05, 3.63) is 84.3 Å². The number of hydrogen-bond donors (Lipinski definition) is 2. The van der Waals surface area contributed by atoms with Crippen LogP contribution in [0.4, 0.5) is 0 Å². The van der Waals surface area contributed by atoms with Crippen molar-refractivity contribution >= 4 is 22.1 Å². The Morgan fingerprint density at radius 2 is 1.37 bits per heavy atom. The number of benzene rings is 3. The van der Waals surface area contributed by atoms with E-state index in [1.807, 2.05) is 60.7 Å². The first-order valence-corrected chi connectivity index (χ1v) is 8.75. The topological polar surface area (TPSA) is 74.7 Å². The second-order valence-corrected chi connectivity index (χ2v) is 6.40. The van der Waals surface area contributed by atoms with E-state index in [9.17, 15) is 5.11 Å². The Morgan fingerprint density at radius 3 is 2.15 bits per heavy atom. The Kier molecular flexibility index (Phi) is 3.57. The second-order valence-electron chi connectivity index (χ2n) is 6.40. The molecule has 5 aromatic rings. The monoisotopic (exact) mass is 352 g/mol. The molecule has 0 unspecified atom stereocenters. The predicted octanol–water partition coefficient (Wildman–Crippen LogP) is 4.47. The van der Waals surface area contributed by atoms with E-state index >= 15 is 0 Å². The van der Waals surface area contributed by atoms with E-state index in [0.29, 0.717) is 17.7 Å². The molecule has 0 fully saturated rings. The third kappa shape index (κ3) is 2.79. The van der Waals surface area contributed by atoms with Gasteiger partial charge in [0.2, 0.25) is 0 Å². The van der Waals surface area contributed by atoms with Crippen LogP contribution in [0.5, 0.6) is 5.75 Å². The van der Waals surface area contributed by atoms with E-state index in [-0.39, 0.29) is 5.75 Å². The normalized spacial score (nSPS) is 11.3.